The molecule has 29 heavy (non-hydrogen) atoms. The number of anilines is 1. The lowest BCUT2D eigenvalue weighted by atomic mass is 10.2. The van der Waals surface area contributed by atoms with E-state index in [4.69, 9.17) is 4.42 Å². The van der Waals surface area contributed by atoms with Crippen LogP contribution in [-0.4, -0.2) is 30.9 Å². The predicted octanol–water partition coefficient (Wildman–Crippen LogP) is 4.10. The van der Waals surface area contributed by atoms with E-state index in [0.717, 1.165) is 17.0 Å². The molecule has 1 amide bonds. The third-order valence-electron chi connectivity index (χ3n) is 4.22. The second-order valence-electron chi connectivity index (χ2n) is 6.33. The Kier molecular flexibility index (Phi) is 5.71. The first-order valence-electron chi connectivity index (χ1n) is 9.09. The number of amides is 1. The second-order valence-corrected chi connectivity index (χ2v) is 7.64. The highest BCUT2D eigenvalue weighted by Gasteiger charge is 2.21. The number of pyridine rings is 1. The maximum atomic E-state index is 12.6. The van der Waals surface area contributed by atoms with Crippen molar-refractivity contribution in [1.29, 1.82) is 0 Å². The molecule has 0 bridgehead atoms. The maximum absolute atomic E-state index is 12.6. The first kappa shape index (κ1) is 18.9. The van der Waals surface area contributed by atoms with E-state index in [2.05, 4.69) is 20.5 Å². The largest absolute Gasteiger partial charge is 0.467 e. The smallest absolute Gasteiger partial charge is 0.237 e. The van der Waals surface area contributed by atoms with Gasteiger partial charge in [-0.3, -0.25) is 14.3 Å². The summed E-state index contributed by atoms with van der Waals surface area (Å²) < 4.78 is 7.44. The first-order valence-corrected chi connectivity index (χ1v) is 9.97. The van der Waals surface area contributed by atoms with Crippen molar-refractivity contribution in [1.82, 2.24) is 19.7 Å². The van der Waals surface area contributed by atoms with Gasteiger partial charge in [-0.15, -0.1) is 10.2 Å². The van der Waals surface area contributed by atoms with Gasteiger partial charge in [0.15, 0.2) is 11.0 Å². The van der Waals surface area contributed by atoms with Gasteiger partial charge >= 0.3 is 0 Å². The summed E-state index contributed by atoms with van der Waals surface area (Å²) in [5.74, 6) is 1.35. The van der Waals surface area contributed by atoms with Crippen molar-refractivity contribution in [3.05, 3.63) is 79.0 Å². The summed E-state index contributed by atoms with van der Waals surface area (Å²) >= 11 is 1.35. The first-order chi connectivity index (χ1) is 14.2. The highest BCUT2D eigenvalue weighted by atomic mass is 32.2. The van der Waals surface area contributed by atoms with Gasteiger partial charge in [-0.05, 0) is 43.3 Å². The molecule has 0 aliphatic heterocycles. The highest BCUT2D eigenvalue weighted by Crippen LogP contribution is 2.28. The molecular weight excluding hydrogens is 386 g/mol. The van der Waals surface area contributed by atoms with Crippen molar-refractivity contribution in [2.24, 2.45) is 0 Å². The lowest BCUT2D eigenvalue weighted by molar-refractivity contribution is -0.115. The van der Waals surface area contributed by atoms with Crippen LogP contribution in [0.25, 0.3) is 11.4 Å². The summed E-state index contributed by atoms with van der Waals surface area (Å²) in [5.41, 5.74) is 1.61. The van der Waals surface area contributed by atoms with Crippen molar-refractivity contribution < 1.29 is 9.21 Å². The van der Waals surface area contributed by atoms with Crippen molar-refractivity contribution >= 4 is 23.4 Å². The van der Waals surface area contributed by atoms with Gasteiger partial charge in [0, 0.05) is 23.6 Å². The van der Waals surface area contributed by atoms with Crippen LogP contribution in [0.2, 0.25) is 0 Å². The minimum Gasteiger partial charge on any atom is -0.467 e. The molecule has 3 aromatic heterocycles. The Hall–Kier alpha value is -3.39. The lowest BCUT2D eigenvalue weighted by Gasteiger charge is -2.13. The van der Waals surface area contributed by atoms with Gasteiger partial charge in [0.25, 0.3) is 0 Å². The Morgan fingerprint density at radius 2 is 2.00 bits per heavy atom. The zero-order valence-electron chi connectivity index (χ0n) is 15.7. The van der Waals surface area contributed by atoms with Gasteiger partial charge in [-0.2, -0.15) is 0 Å². The molecule has 1 aromatic carbocycles. The van der Waals surface area contributed by atoms with E-state index >= 15 is 0 Å². The Balaban J connectivity index is 1.57. The molecular formula is C21H19N5O2S. The number of nitrogens with one attached hydrogen (secondary N) is 1. The molecule has 0 saturated carbocycles. The van der Waals surface area contributed by atoms with Crippen molar-refractivity contribution in [3.63, 3.8) is 0 Å². The number of hydrogen-bond acceptors (Lipinski definition) is 6. The number of benzene rings is 1. The summed E-state index contributed by atoms with van der Waals surface area (Å²) in [7, 11) is 0. The monoisotopic (exact) mass is 405 g/mol. The van der Waals surface area contributed by atoms with Gasteiger partial charge in [0.2, 0.25) is 5.91 Å². The third-order valence-corrected chi connectivity index (χ3v) is 5.30. The molecule has 1 N–H and O–H groups in total. The van der Waals surface area contributed by atoms with Gasteiger partial charge < -0.3 is 9.73 Å². The molecule has 0 spiro atoms. The number of carbonyl (C=O) groups excluding carboxylic acids is 1. The minimum absolute atomic E-state index is 0.100. The zero-order valence-corrected chi connectivity index (χ0v) is 16.5. The van der Waals surface area contributed by atoms with Crippen LogP contribution < -0.4 is 5.32 Å². The molecule has 1 atom stereocenters. The fourth-order valence-electron chi connectivity index (χ4n) is 2.76. The van der Waals surface area contributed by atoms with Crippen LogP contribution in [0, 0.1) is 0 Å². The van der Waals surface area contributed by atoms with Crippen LogP contribution in [0.4, 0.5) is 5.69 Å². The van der Waals surface area contributed by atoms with E-state index in [1.807, 2.05) is 66.1 Å². The minimum atomic E-state index is -0.364. The topological polar surface area (TPSA) is 85.8 Å². The zero-order chi connectivity index (χ0) is 20.1. The average Bonchev–Trinajstić information content (AvgIpc) is 3.40. The number of para-hydroxylation sites is 1. The Labute approximate surface area is 172 Å². The molecule has 0 fully saturated rings. The number of furan rings is 1. The molecule has 0 aliphatic carbocycles. The highest BCUT2D eigenvalue weighted by molar-refractivity contribution is 8.00. The van der Waals surface area contributed by atoms with E-state index in [9.17, 15) is 4.79 Å². The molecule has 7 nitrogen and oxygen atoms in total. The number of rotatable bonds is 7. The molecule has 146 valence electrons. The molecule has 3 heterocycles. The number of hydrogen-bond donors (Lipinski definition) is 1. The standard InChI is InChI=1S/C21H19N5O2S/c1-15(20(27)23-17-8-3-2-4-9-17)29-21-25-24-19(16-7-5-11-22-13-16)26(21)14-18-10-6-12-28-18/h2-13,15H,14H2,1H3,(H,23,27). The van der Waals surface area contributed by atoms with E-state index in [1.165, 1.54) is 11.8 Å². The van der Waals surface area contributed by atoms with E-state index in [-0.39, 0.29) is 11.2 Å². The van der Waals surface area contributed by atoms with Gasteiger partial charge in [0.1, 0.15) is 5.76 Å². The quantitative estimate of drug-likeness (QED) is 0.466. The SMILES string of the molecule is CC(Sc1nnc(-c2cccnc2)n1Cc1ccco1)C(=O)Nc1ccccc1. The second kappa shape index (κ2) is 8.74. The number of thioether (sulfide) groups is 1. The van der Waals surface area contributed by atoms with Crippen molar-refractivity contribution in [2.45, 2.75) is 23.9 Å². The van der Waals surface area contributed by atoms with Crippen LogP contribution in [-0.2, 0) is 11.3 Å². The van der Waals surface area contributed by atoms with E-state index < -0.39 is 0 Å². The van der Waals surface area contributed by atoms with E-state index in [0.29, 0.717) is 17.5 Å². The summed E-state index contributed by atoms with van der Waals surface area (Å²) in [5, 5.41) is 11.9. The molecule has 1 unspecified atom stereocenters. The Bertz CT molecular complexity index is 1070. The van der Waals surface area contributed by atoms with E-state index in [1.54, 1.807) is 18.7 Å². The molecule has 0 saturated heterocycles. The molecule has 4 rings (SSSR count). The van der Waals surface area contributed by atoms with Gasteiger partial charge in [-0.1, -0.05) is 30.0 Å². The Morgan fingerprint density at radius 3 is 2.72 bits per heavy atom. The summed E-state index contributed by atoms with van der Waals surface area (Å²) in [6.45, 7) is 2.30. The average molecular weight is 405 g/mol. The predicted molar refractivity (Wildman–Crippen MR) is 111 cm³/mol. The van der Waals surface area contributed by atoms with Gasteiger partial charge in [0.05, 0.1) is 18.1 Å². The van der Waals surface area contributed by atoms with Crippen LogP contribution >= 0.6 is 11.8 Å². The summed E-state index contributed by atoms with van der Waals surface area (Å²) in [6.07, 6.45) is 5.08. The third kappa shape index (κ3) is 4.55. The normalized spacial score (nSPS) is 11.9. The number of aromatic nitrogens is 4. The maximum Gasteiger partial charge on any atom is 0.237 e. The molecule has 0 radical (unpaired) electrons. The van der Waals surface area contributed by atoms with Crippen LogP contribution in [0.5, 0.6) is 0 Å². The molecule has 0 aliphatic rings. The lowest BCUT2D eigenvalue weighted by Crippen LogP contribution is -2.23. The fraction of sp³-hybridized carbons (Fsp3) is 0.143. The molecule has 8 heteroatoms. The fourth-order valence-corrected chi connectivity index (χ4v) is 3.61. The van der Waals surface area contributed by atoms with Crippen LogP contribution in [0.3, 0.4) is 0 Å². The van der Waals surface area contributed by atoms with Crippen molar-refractivity contribution in [2.75, 3.05) is 5.32 Å². The van der Waals surface area contributed by atoms with Crippen LogP contribution in [0.1, 0.15) is 12.7 Å². The van der Waals surface area contributed by atoms with Crippen LogP contribution in [0.15, 0.2) is 82.8 Å². The summed E-state index contributed by atoms with van der Waals surface area (Å²) in [4.78, 5) is 16.8. The van der Waals surface area contributed by atoms with Gasteiger partial charge in [-0.25, -0.2) is 0 Å². The number of carbonyl (C=O) groups is 1. The summed E-state index contributed by atoms with van der Waals surface area (Å²) in [6, 6.07) is 16.9. The molecule has 4 aromatic rings. The number of nitrogens with zero attached hydrogens (tertiary/aromatic N) is 4. The Morgan fingerprint density at radius 1 is 1.14 bits per heavy atom. The van der Waals surface area contributed by atoms with Crippen molar-refractivity contribution in [3.8, 4) is 11.4 Å².